The van der Waals surface area contributed by atoms with Crippen LogP contribution in [0, 0.1) is 0 Å². The molecule has 16 bridgehead atoms. The summed E-state index contributed by atoms with van der Waals surface area (Å²) in [6.45, 7) is 0. The van der Waals surface area contributed by atoms with Gasteiger partial charge in [-0.25, -0.2) is 19.9 Å². The standard InChI is InChI=1S/2C32H16N8.C11H8O2.3Cu/c2*1-2-10-18-17(9-1)25-33-26(18)38-28-21-13-5-6-14-22(21)30(35-28)40-32-24-16-8-7-15-23(24)31(36-32)39-29-20-12-4-3-11-19(20)27(34-29)37-25;12-11(13)10-7-3-5-8-4-1-2-6-9(8)10;;;/h2*1-16H;1-7H,(H,12,13);;;/q2*-2;;+1;2*+2/p-1. The molecule has 0 saturated carbocycles. The van der Waals surface area contributed by atoms with Crippen molar-refractivity contribution in [2.45, 2.75) is 0 Å². The average Bonchev–Trinajstić information content (AvgIpc) is 1.61. The number of nitrogens with zero attached hydrogens (tertiary/aromatic N) is 16. The molecule has 0 saturated heterocycles. The fourth-order valence-corrected chi connectivity index (χ4v) is 12.3. The molecule has 21 heteroatoms. The first-order chi connectivity index (χ1) is 45.9. The molecule has 0 atom stereocenters. The van der Waals surface area contributed by atoms with Crippen LogP contribution >= 0.6 is 0 Å². The zero-order valence-electron chi connectivity index (χ0n) is 49.4. The second-order valence-corrected chi connectivity index (χ2v) is 22.1. The Morgan fingerprint density at radius 1 is 0.229 bits per heavy atom. The number of fused-ring (bicyclic) bond motifs is 41. The molecule has 0 aliphatic carbocycles. The predicted octanol–water partition coefficient (Wildman–Crippen LogP) is 13.5. The summed E-state index contributed by atoms with van der Waals surface area (Å²) < 4.78 is 0. The molecule has 464 valence electrons. The molecule has 4 aliphatic rings. The molecule has 4 aliphatic heterocycles. The van der Waals surface area contributed by atoms with Crippen molar-refractivity contribution in [2.24, 2.45) is 0 Å². The third-order valence-electron chi connectivity index (χ3n) is 16.7. The van der Waals surface area contributed by atoms with Crippen LogP contribution in [-0.4, -0.2) is 65.8 Å². The molecule has 16 aromatic rings. The van der Waals surface area contributed by atoms with Crippen LogP contribution in [0.15, 0.2) is 237 Å². The van der Waals surface area contributed by atoms with Crippen molar-refractivity contribution >= 4 is 105 Å². The van der Waals surface area contributed by atoms with Gasteiger partial charge in [0.2, 0.25) is 0 Å². The van der Waals surface area contributed by atoms with Crippen LogP contribution < -0.4 is 25.0 Å². The summed E-state index contributed by atoms with van der Waals surface area (Å²) in [6, 6.07) is 76.2. The van der Waals surface area contributed by atoms with E-state index in [2.05, 4.69) is 0 Å². The van der Waals surface area contributed by atoms with Crippen LogP contribution in [0.2, 0.25) is 0 Å². The van der Waals surface area contributed by atoms with Crippen molar-refractivity contribution in [3.63, 3.8) is 0 Å². The molecule has 2 radical (unpaired) electrons. The summed E-state index contributed by atoms with van der Waals surface area (Å²) in [6.07, 6.45) is 0. The van der Waals surface area contributed by atoms with E-state index < -0.39 is 5.97 Å². The number of aromatic carboxylic acids is 1. The Kier molecular flexibility index (Phi) is 15.5. The first-order valence-corrected chi connectivity index (χ1v) is 29.8. The Morgan fingerprint density at radius 2 is 0.406 bits per heavy atom. The molecular weight excluding hydrogens is 1350 g/mol. The van der Waals surface area contributed by atoms with E-state index in [1.54, 1.807) is 18.2 Å². The second-order valence-electron chi connectivity index (χ2n) is 22.1. The zero-order chi connectivity index (χ0) is 61.7. The van der Waals surface area contributed by atoms with Crippen LogP contribution in [0.3, 0.4) is 0 Å². The van der Waals surface area contributed by atoms with Gasteiger partial charge < -0.3 is 69.7 Å². The molecular formula is C75H39Cu3N16O2. The SMILES string of the molecule is O=C([O-])c1cccc2ccccc12.[Cu+2].[Cu+2].[Cu+].c1ccc2c(c1)-c1nc-2nc2[n-]c(nc3nc(nc4[n-]c(n1)c1ccccc41)-c1ccccc1-3)c1ccccc21.c1ccc2c(c1)-c1nc-2nc2[n-]c(nc3nc(nc4[n-]c(n1)c1ccccc41)-c1ccccc1-3)c1ccccc21. The molecule has 96 heavy (non-hydrogen) atoms. The third-order valence-corrected chi connectivity index (χ3v) is 16.7. The topological polar surface area (TPSA) is 251 Å². The van der Waals surface area contributed by atoms with Crippen molar-refractivity contribution in [1.82, 2.24) is 79.7 Å². The summed E-state index contributed by atoms with van der Waals surface area (Å²) >= 11 is 0. The van der Waals surface area contributed by atoms with Gasteiger partial charge in [0.05, 0.1) is 52.6 Å². The molecule has 0 fully saturated rings. The Balaban J connectivity index is 0.000000129. The summed E-state index contributed by atoms with van der Waals surface area (Å²) in [5.41, 5.74) is 11.8. The smallest absolute Gasteiger partial charge is 0.545 e. The van der Waals surface area contributed by atoms with Gasteiger partial charge in [-0.3, -0.25) is 0 Å². The number of benzene rings is 10. The fraction of sp³-hybridized carbons (Fsp3) is 0. The third kappa shape index (κ3) is 10.3. The minimum Gasteiger partial charge on any atom is -0.545 e. The minimum atomic E-state index is -1.13. The van der Waals surface area contributed by atoms with E-state index in [9.17, 15) is 9.90 Å². The zero-order valence-corrected chi connectivity index (χ0v) is 52.2. The van der Waals surface area contributed by atoms with E-state index in [1.807, 2.05) is 218 Å². The summed E-state index contributed by atoms with van der Waals surface area (Å²) in [7, 11) is 0. The molecule has 10 heterocycles. The summed E-state index contributed by atoms with van der Waals surface area (Å²) in [5.74, 6) is 3.29. The van der Waals surface area contributed by atoms with Crippen LogP contribution in [0.4, 0.5) is 0 Å². The van der Waals surface area contributed by atoms with Crippen LogP contribution in [0.1, 0.15) is 10.4 Å². The molecule has 0 spiro atoms. The van der Waals surface area contributed by atoms with Crippen molar-refractivity contribution in [2.75, 3.05) is 0 Å². The molecule has 0 amide bonds. The monoisotopic (exact) mass is 1380 g/mol. The maximum atomic E-state index is 10.7. The van der Waals surface area contributed by atoms with E-state index in [0.29, 0.717) is 91.8 Å². The number of carboxylic acid groups (broad SMARTS) is 1. The van der Waals surface area contributed by atoms with E-state index >= 15 is 0 Å². The van der Waals surface area contributed by atoms with Crippen LogP contribution in [-0.2, 0) is 51.2 Å². The number of carbonyl (C=O) groups is 1. The predicted molar refractivity (Wildman–Crippen MR) is 356 cm³/mol. The van der Waals surface area contributed by atoms with E-state index in [1.165, 1.54) is 0 Å². The Bertz CT molecular complexity index is 5270. The molecule has 6 aromatic heterocycles. The number of carboxylic acids is 1. The second kappa shape index (κ2) is 24.6. The number of hydrogen-bond acceptors (Lipinski definition) is 14. The average molecular weight is 1390 g/mol. The van der Waals surface area contributed by atoms with Crippen molar-refractivity contribution in [1.29, 1.82) is 0 Å². The molecule has 10 aromatic carbocycles. The van der Waals surface area contributed by atoms with Gasteiger partial charge in [0.25, 0.3) is 0 Å². The van der Waals surface area contributed by atoms with E-state index in [0.717, 1.165) is 98.4 Å². The van der Waals surface area contributed by atoms with Gasteiger partial charge in [0.15, 0.2) is 0 Å². The van der Waals surface area contributed by atoms with Gasteiger partial charge in [-0.1, -0.05) is 237 Å². The molecule has 18 nitrogen and oxygen atoms in total. The largest absolute Gasteiger partial charge is 2.00 e. The van der Waals surface area contributed by atoms with Gasteiger partial charge in [-0.05, 0) is 53.9 Å². The summed E-state index contributed by atoms with van der Waals surface area (Å²) in [4.78, 5) is 89.3. The van der Waals surface area contributed by atoms with Gasteiger partial charge in [0, 0.05) is 95.2 Å². The van der Waals surface area contributed by atoms with Gasteiger partial charge >= 0.3 is 51.2 Å². The Morgan fingerprint density at radius 3 is 0.615 bits per heavy atom. The number of hydrogen-bond donors (Lipinski definition) is 0. The molecule has 0 unspecified atom stereocenters. The van der Waals surface area contributed by atoms with Gasteiger partial charge in [-0.15, -0.1) is 0 Å². The van der Waals surface area contributed by atoms with E-state index in [4.69, 9.17) is 79.7 Å². The van der Waals surface area contributed by atoms with E-state index in [-0.39, 0.29) is 56.8 Å². The number of rotatable bonds is 1. The number of carbonyl (C=O) groups excluding carboxylic acids is 1. The van der Waals surface area contributed by atoms with Crippen molar-refractivity contribution in [3.8, 4) is 91.1 Å². The summed E-state index contributed by atoms with van der Waals surface area (Å²) in [5, 5.41) is 19.5. The van der Waals surface area contributed by atoms with Crippen LogP contribution in [0.25, 0.3) is 190 Å². The number of aromatic nitrogens is 16. The van der Waals surface area contributed by atoms with Gasteiger partial charge in [-0.2, -0.15) is 0 Å². The van der Waals surface area contributed by atoms with Crippen molar-refractivity contribution < 1.29 is 61.1 Å². The fourth-order valence-electron chi connectivity index (χ4n) is 12.3. The normalized spacial score (nSPS) is 11.4. The quantitative estimate of drug-likeness (QED) is 0.138. The maximum absolute atomic E-state index is 10.7. The van der Waals surface area contributed by atoms with Crippen LogP contribution in [0.5, 0.6) is 0 Å². The molecule has 0 N–H and O–H groups in total. The first-order valence-electron chi connectivity index (χ1n) is 29.8. The van der Waals surface area contributed by atoms with Gasteiger partial charge in [0.1, 0.15) is 0 Å². The first kappa shape index (κ1) is 60.4. The Labute approximate surface area is 575 Å². The Hall–Kier alpha value is -11.8. The van der Waals surface area contributed by atoms with Crippen molar-refractivity contribution in [3.05, 3.63) is 242 Å². The molecule has 20 rings (SSSR count). The maximum Gasteiger partial charge on any atom is 2.00 e. The minimum absolute atomic E-state index is 0.